The smallest absolute Gasteiger partial charge is 0.410 e. The first-order valence-corrected chi connectivity index (χ1v) is 23.4. The number of halogens is 1. The van der Waals surface area contributed by atoms with Gasteiger partial charge in [0.05, 0.1) is 18.8 Å². The minimum absolute atomic E-state index is 0.0339. The highest BCUT2D eigenvalue weighted by Gasteiger charge is 2.47. The summed E-state index contributed by atoms with van der Waals surface area (Å²) in [5.41, 5.74) is 1.02. The van der Waals surface area contributed by atoms with Gasteiger partial charge in [-0.1, -0.05) is 68.4 Å². The summed E-state index contributed by atoms with van der Waals surface area (Å²) in [4.78, 5) is 15.0. The van der Waals surface area contributed by atoms with Gasteiger partial charge in [-0.05, 0) is 104 Å². The molecule has 10 heteroatoms. The largest absolute Gasteiger partial charge is 0.543 e. The number of carbonyl (C=O) groups excluding carboxylic acids is 1. The summed E-state index contributed by atoms with van der Waals surface area (Å²) in [6, 6.07) is 6.81. The first kappa shape index (κ1) is 41.3. The van der Waals surface area contributed by atoms with Crippen LogP contribution in [-0.2, 0) is 20.3 Å². The maximum atomic E-state index is 15.3. The molecule has 0 aliphatic carbocycles. The van der Waals surface area contributed by atoms with Gasteiger partial charge in [-0.15, -0.1) is 0 Å². The molecule has 1 saturated heterocycles. The number of fused-ring (bicyclic) bond motifs is 1. The lowest BCUT2D eigenvalue weighted by Crippen LogP contribution is -2.50. The Labute approximate surface area is 298 Å². The standard InChI is InChI=1S/C39H66FNO6Si2/c1-26(2)49(27(3)4,28(5)6)47-32-22-29-17-20-34(40)33(36(29)35(42)23-32)16-15-21-44-30-18-19-31(46-48(13,14)39(10,11)12)25-41(24-30)37(43)45-38(7,8)9/h17,20,22-23,26-28,30-31,42H,15-16,18-19,21,24-25H2,1-14H3/t30-,31+/m1/s1. The summed E-state index contributed by atoms with van der Waals surface area (Å²) in [5, 5.41) is 12.6. The van der Waals surface area contributed by atoms with Crippen molar-refractivity contribution in [2.45, 2.75) is 161 Å². The van der Waals surface area contributed by atoms with Crippen LogP contribution in [0.4, 0.5) is 9.18 Å². The highest BCUT2D eigenvalue weighted by molar-refractivity contribution is 6.78. The predicted octanol–water partition coefficient (Wildman–Crippen LogP) is 11.0. The number of aromatic hydroxyl groups is 1. The van der Waals surface area contributed by atoms with Crippen LogP contribution in [-0.4, -0.2) is 70.2 Å². The van der Waals surface area contributed by atoms with Crippen molar-refractivity contribution in [2.24, 2.45) is 0 Å². The summed E-state index contributed by atoms with van der Waals surface area (Å²) in [5.74, 6) is 0.335. The number of hydrogen-bond acceptors (Lipinski definition) is 6. The first-order chi connectivity index (χ1) is 22.5. The zero-order chi connectivity index (χ0) is 37.1. The Kier molecular flexibility index (Phi) is 13.5. The number of amides is 1. The molecule has 2 aromatic carbocycles. The van der Waals surface area contributed by atoms with Crippen molar-refractivity contribution in [3.05, 3.63) is 35.6 Å². The van der Waals surface area contributed by atoms with Crippen LogP contribution in [0.1, 0.15) is 108 Å². The van der Waals surface area contributed by atoms with Crippen LogP contribution in [0.5, 0.6) is 11.5 Å². The van der Waals surface area contributed by atoms with E-state index in [0.29, 0.717) is 65.9 Å². The third-order valence-electron chi connectivity index (χ3n) is 10.6. The van der Waals surface area contributed by atoms with E-state index in [1.165, 1.54) is 6.07 Å². The van der Waals surface area contributed by atoms with Crippen LogP contribution in [0.3, 0.4) is 0 Å². The summed E-state index contributed by atoms with van der Waals surface area (Å²) in [6.07, 6.45) is 1.83. The number of nitrogens with zero attached hydrogens (tertiary/aromatic N) is 1. The Hall–Kier alpha value is -2.15. The highest BCUT2D eigenvalue weighted by atomic mass is 28.4. The Balaban J connectivity index is 1.76. The van der Waals surface area contributed by atoms with Crippen LogP contribution in [0.15, 0.2) is 24.3 Å². The van der Waals surface area contributed by atoms with E-state index >= 15 is 4.39 Å². The van der Waals surface area contributed by atoms with E-state index < -0.39 is 22.2 Å². The number of benzene rings is 2. The number of likely N-dealkylation sites (tertiary alicyclic amines) is 1. The molecule has 0 saturated carbocycles. The fraction of sp³-hybridized carbons (Fsp3) is 0.718. The SMILES string of the molecule is CC(C)[Si](Oc1cc(O)c2c(CCCO[C@@H]3CC[C@H](O[Si](C)(C)C(C)(C)C)CN(C(=O)OC(C)(C)C)C3)c(F)ccc2c1)(C(C)C)C(C)C. The Morgan fingerprint density at radius 1 is 0.939 bits per heavy atom. The van der Waals surface area contributed by atoms with E-state index in [1.807, 2.05) is 26.8 Å². The van der Waals surface area contributed by atoms with Crippen molar-refractivity contribution in [1.82, 2.24) is 4.90 Å². The van der Waals surface area contributed by atoms with Gasteiger partial charge in [-0.3, -0.25) is 0 Å². The molecule has 3 rings (SSSR count). The number of phenols is 1. The van der Waals surface area contributed by atoms with Gasteiger partial charge in [0.25, 0.3) is 8.32 Å². The second-order valence-electron chi connectivity index (χ2n) is 17.5. The molecule has 0 unspecified atom stereocenters. The highest BCUT2D eigenvalue weighted by Crippen LogP contribution is 2.45. The van der Waals surface area contributed by atoms with E-state index in [2.05, 4.69) is 75.4 Å². The number of ether oxygens (including phenoxy) is 2. The van der Waals surface area contributed by atoms with E-state index in [9.17, 15) is 9.90 Å². The van der Waals surface area contributed by atoms with E-state index in [0.717, 1.165) is 18.2 Å². The molecular formula is C39H66FNO6Si2. The van der Waals surface area contributed by atoms with Crippen LogP contribution in [0, 0.1) is 5.82 Å². The zero-order valence-corrected chi connectivity index (χ0v) is 35.0. The van der Waals surface area contributed by atoms with Gasteiger partial charge in [0.15, 0.2) is 8.32 Å². The predicted molar refractivity (Wildman–Crippen MR) is 204 cm³/mol. The first-order valence-electron chi connectivity index (χ1n) is 18.4. The molecule has 1 fully saturated rings. The molecule has 0 aromatic heterocycles. The van der Waals surface area contributed by atoms with Gasteiger partial charge in [0.2, 0.25) is 0 Å². The summed E-state index contributed by atoms with van der Waals surface area (Å²) in [7, 11) is -4.30. The molecule has 0 bridgehead atoms. The molecule has 0 radical (unpaired) electrons. The van der Waals surface area contributed by atoms with Crippen molar-refractivity contribution in [1.29, 1.82) is 0 Å². The van der Waals surface area contributed by atoms with Gasteiger partial charge < -0.3 is 28.3 Å². The Morgan fingerprint density at radius 2 is 1.51 bits per heavy atom. The lowest BCUT2D eigenvalue weighted by molar-refractivity contribution is -0.00142. The molecule has 1 N–H and O–H groups in total. The summed E-state index contributed by atoms with van der Waals surface area (Å²) >= 11 is 0. The fourth-order valence-corrected chi connectivity index (χ4v) is 13.9. The van der Waals surface area contributed by atoms with Crippen molar-refractivity contribution >= 4 is 33.5 Å². The van der Waals surface area contributed by atoms with Crippen LogP contribution in [0.2, 0.25) is 34.8 Å². The Morgan fingerprint density at radius 3 is 2.06 bits per heavy atom. The van der Waals surface area contributed by atoms with Gasteiger partial charge in [-0.2, -0.15) is 0 Å². The molecule has 2 atom stereocenters. The van der Waals surface area contributed by atoms with Crippen molar-refractivity contribution in [3.8, 4) is 11.5 Å². The number of carbonyl (C=O) groups is 1. The van der Waals surface area contributed by atoms with Crippen LogP contribution >= 0.6 is 0 Å². The number of phenolic OH excluding ortho intramolecular Hbond substituents is 1. The van der Waals surface area contributed by atoms with Crippen molar-refractivity contribution < 1.29 is 32.6 Å². The third kappa shape index (κ3) is 10.2. The van der Waals surface area contributed by atoms with Crippen molar-refractivity contribution in [2.75, 3.05) is 19.7 Å². The minimum atomic E-state index is -2.24. The summed E-state index contributed by atoms with van der Waals surface area (Å²) < 4.78 is 41.1. The molecule has 278 valence electrons. The molecular weight excluding hydrogens is 654 g/mol. The second-order valence-corrected chi connectivity index (χ2v) is 27.7. The molecule has 7 nitrogen and oxygen atoms in total. The van der Waals surface area contributed by atoms with E-state index in [4.69, 9.17) is 18.3 Å². The van der Waals surface area contributed by atoms with Gasteiger partial charge >= 0.3 is 6.09 Å². The summed E-state index contributed by atoms with van der Waals surface area (Å²) in [6.45, 7) is 31.4. The molecule has 1 aliphatic rings. The Bertz CT molecular complexity index is 1390. The second kappa shape index (κ2) is 16.0. The molecule has 49 heavy (non-hydrogen) atoms. The normalized spacial score (nSPS) is 18.4. The number of aryl methyl sites for hydroxylation is 1. The third-order valence-corrected chi connectivity index (χ3v) is 21.2. The zero-order valence-electron chi connectivity index (χ0n) is 33.0. The van der Waals surface area contributed by atoms with Gasteiger partial charge in [0.1, 0.15) is 22.9 Å². The molecule has 2 aromatic rings. The maximum Gasteiger partial charge on any atom is 0.410 e. The van der Waals surface area contributed by atoms with Gasteiger partial charge in [0, 0.05) is 24.6 Å². The maximum absolute atomic E-state index is 15.3. The average Bonchev–Trinajstić information content (AvgIpc) is 3.14. The number of rotatable bonds is 12. The van der Waals surface area contributed by atoms with E-state index in [-0.39, 0.29) is 34.9 Å². The minimum Gasteiger partial charge on any atom is -0.543 e. The van der Waals surface area contributed by atoms with Gasteiger partial charge in [-0.25, -0.2) is 9.18 Å². The molecule has 1 aliphatic heterocycles. The van der Waals surface area contributed by atoms with Crippen LogP contribution < -0.4 is 4.43 Å². The lowest BCUT2D eigenvalue weighted by atomic mass is 9.99. The molecule has 1 heterocycles. The fourth-order valence-electron chi connectivity index (χ4n) is 7.25. The monoisotopic (exact) mass is 719 g/mol. The lowest BCUT2D eigenvalue weighted by Gasteiger charge is -2.42. The molecule has 1 amide bonds. The quantitative estimate of drug-likeness (QED) is 0.174. The average molecular weight is 720 g/mol. The number of hydrogen-bond donors (Lipinski definition) is 1. The van der Waals surface area contributed by atoms with E-state index in [1.54, 1.807) is 17.0 Å². The van der Waals surface area contributed by atoms with Crippen LogP contribution in [0.25, 0.3) is 10.8 Å². The van der Waals surface area contributed by atoms with Crippen molar-refractivity contribution in [3.63, 3.8) is 0 Å². The topological polar surface area (TPSA) is 77.5 Å². The molecule has 0 spiro atoms.